The topological polar surface area (TPSA) is 117 Å². The van der Waals surface area contributed by atoms with Crippen molar-refractivity contribution in [2.45, 2.75) is 51.4 Å². The normalized spacial score (nSPS) is 15.2. The van der Waals surface area contributed by atoms with Gasteiger partial charge in [0.1, 0.15) is 16.6 Å². The molecule has 1 atom stereocenters. The number of hydrogen-bond donors (Lipinski definition) is 3. The van der Waals surface area contributed by atoms with Crippen molar-refractivity contribution in [3.05, 3.63) is 65.0 Å². The number of ether oxygens (including phenoxy) is 2. The number of nitrogens with zero attached hydrogens (tertiary/aromatic N) is 1. The predicted octanol–water partition coefficient (Wildman–Crippen LogP) is 4.17. The van der Waals surface area contributed by atoms with E-state index >= 15 is 0 Å². The lowest BCUT2D eigenvalue weighted by molar-refractivity contribution is -0.130. The molecule has 2 aromatic carbocycles. The zero-order chi connectivity index (χ0) is 26.6. The van der Waals surface area contributed by atoms with Crippen LogP contribution in [0.4, 0.5) is 4.79 Å². The Bertz CT molecular complexity index is 1260. The molecule has 1 aliphatic rings. The van der Waals surface area contributed by atoms with Gasteiger partial charge in [-0.2, -0.15) is 0 Å². The number of carbonyl (C=O) groups is 3. The average molecular weight is 526 g/mol. The summed E-state index contributed by atoms with van der Waals surface area (Å²) >= 11 is 1.25. The number of aliphatic hydroxyl groups excluding tert-OH is 1. The maximum Gasteiger partial charge on any atom is 0.410 e. The van der Waals surface area contributed by atoms with E-state index < -0.39 is 23.5 Å². The van der Waals surface area contributed by atoms with Gasteiger partial charge in [-0.3, -0.25) is 20.4 Å². The van der Waals surface area contributed by atoms with E-state index in [4.69, 9.17) is 9.47 Å². The first-order chi connectivity index (χ1) is 17.6. The van der Waals surface area contributed by atoms with E-state index in [0.717, 1.165) is 10.1 Å². The van der Waals surface area contributed by atoms with Gasteiger partial charge in [0.25, 0.3) is 11.8 Å². The number of amides is 3. The van der Waals surface area contributed by atoms with Gasteiger partial charge in [-0.1, -0.05) is 42.5 Å². The van der Waals surface area contributed by atoms with Crippen molar-refractivity contribution in [3.63, 3.8) is 0 Å². The van der Waals surface area contributed by atoms with Crippen molar-refractivity contribution in [2.75, 3.05) is 13.1 Å². The number of fused-ring (bicyclic) bond motifs is 1. The van der Waals surface area contributed by atoms with Crippen LogP contribution >= 0.6 is 11.3 Å². The SMILES string of the molecule is CC(C)(C)OC(=O)N1CCC(Oc2c(C(=O)NNC(=O)C(O)c3ccccc3)sc3ccccc23)CC1. The highest BCUT2D eigenvalue weighted by Gasteiger charge is 2.30. The second-order valence-electron chi connectivity index (χ2n) is 9.80. The van der Waals surface area contributed by atoms with Crippen LogP contribution in [-0.4, -0.2) is 52.7 Å². The Labute approximate surface area is 219 Å². The third kappa shape index (κ3) is 6.58. The minimum atomic E-state index is -1.42. The van der Waals surface area contributed by atoms with Crippen LogP contribution in [-0.2, 0) is 9.53 Å². The first kappa shape index (κ1) is 26.4. The molecule has 1 fully saturated rings. The van der Waals surface area contributed by atoms with Crippen molar-refractivity contribution in [1.82, 2.24) is 15.8 Å². The van der Waals surface area contributed by atoms with Crippen molar-refractivity contribution in [3.8, 4) is 5.75 Å². The van der Waals surface area contributed by atoms with Crippen molar-refractivity contribution in [2.24, 2.45) is 0 Å². The molecule has 37 heavy (non-hydrogen) atoms. The summed E-state index contributed by atoms with van der Waals surface area (Å²) in [5, 5.41) is 11.1. The van der Waals surface area contributed by atoms with Gasteiger partial charge in [0, 0.05) is 36.0 Å². The summed E-state index contributed by atoms with van der Waals surface area (Å²) in [6.07, 6.45) is -0.789. The quantitative estimate of drug-likeness (QED) is 0.431. The number of aliphatic hydroxyl groups is 1. The van der Waals surface area contributed by atoms with Gasteiger partial charge in [-0.25, -0.2) is 4.79 Å². The molecular weight excluding hydrogens is 494 g/mol. The average Bonchev–Trinajstić information content (AvgIpc) is 3.25. The molecule has 1 aliphatic heterocycles. The molecule has 1 aromatic heterocycles. The van der Waals surface area contributed by atoms with Gasteiger partial charge in [0.2, 0.25) is 0 Å². The highest BCUT2D eigenvalue weighted by atomic mass is 32.1. The van der Waals surface area contributed by atoms with Crippen LogP contribution in [0, 0.1) is 0 Å². The molecule has 3 aromatic rings. The fourth-order valence-electron chi connectivity index (χ4n) is 3.97. The van der Waals surface area contributed by atoms with Crippen molar-refractivity contribution < 1.29 is 29.0 Å². The number of piperidine rings is 1. The Morgan fingerprint density at radius 2 is 1.65 bits per heavy atom. The molecule has 3 N–H and O–H groups in total. The first-order valence-electron chi connectivity index (χ1n) is 12.1. The van der Waals surface area contributed by atoms with Crippen LogP contribution in [0.3, 0.4) is 0 Å². The van der Waals surface area contributed by atoms with Gasteiger partial charge >= 0.3 is 6.09 Å². The molecule has 0 bridgehead atoms. The maximum absolute atomic E-state index is 13.1. The molecule has 0 aliphatic carbocycles. The second-order valence-corrected chi connectivity index (χ2v) is 10.8. The van der Waals surface area contributed by atoms with Crippen LogP contribution in [0.5, 0.6) is 5.75 Å². The van der Waals surface area contributed by atoms with Crippen LogP contribution in [0.1, 0.15) is 55.0 Å². The van der Waals surface area contributed by atoms with Crippen LogP contribution in [0.25, 0.3) is 10.1 Å². The number of hydrazine groups is 1. The lowest BCUT2D eigenvalue weighted by Crippen LogP contribution is -2.44. The zero-order valence-electron chi connectivity index (χ0n) is 21.0. The van der Waals surface area contributed by atoms with Gasteiger partial charge in [-0.15, -0.1) is 11.3 Å². The Hall–Kier alpha value is -3.63. The minimum absolute atomic E-state index is 0.197. The molecule has 1 unspecified atom stereocenters. The van der Waals surface area contributed by atoms with Crippen molar-refractivity contribution >= 4 is 39.3 Å². The molecule has 2 heterocycles. The van der Waals surface area contributed by atoms with Crippen LogP contribution in [0.2, 0.25) is 0 Å². The summed E-state index contributed by atoms with van der Waals surface area (Å²) in [7, 11) is 0. The monoisotopic (exact) mass is 525 g/mol. The van der Waals surface area contributed by atoms with Gasteiger partial charge in [0.05, 0.1) is 0 Å². The Kier molecular flexibility index (Phi) is 7.99. The smallest absolute Gasteiger partial charge is 0.410 e. The van der Waals surface area contributed by atoms with Gasteiger partial charge in [-0.05, 0) is 38.5 Å². The number of carbonyl (C=O) groups excluding carboxylic acids is 3. The lowest BCUT2D eigenvalue weighted by atomic mass is 10.1. The lowest BCUT2D eigenvalue weighted by Gasteiger charge is -2.33. The van der Waals surface area contributed by atoms with Crippen LogP contribution < -0.4 is 15.6 Å². The van der Waals surface area contributed by atoms with E-state index in [0.29, 0.717) is 42.1 Å². The van der Waals surface area contributed by atoms with E-state index in [9.17, 15) is 19.5 Å². The summed E-state index contributed by atoms with van der Waals surface area (Å²) in [4.78, 5) is 39.8. The standard InChI is InChI=1S/C27H31N3O6S/c1-27(2,3)36-26(34)30-15-13-18(14-16-30)35-22-19-11-7-8-12-20(19)37-23(22)25(33)29-28-24(32)21(31)17-9-5-4-6-10-17/h4-12,18,21,31H,13-16H2,1-3H3,(H,28,32)(H,29,33). The van der Waals surface area contributed by atoms with Crippen LogP contribution in [0.15, 0.2) is 54.6 Å². The number of hydrogen-bond acceptors (Lipinski definition) is 7. The number of nitrogens with one attached hydrogen (secondary N) is 2. The molecule has 1 saturated heterocycles. The van der Waals surface area contributed by atoms with E-state index in [1.807, 2.05) is 45.0 Å². The number of thiophene rings is 1. The summed E-state index contributed by atoms with van der Waals surface area (Å²) in [5.41, 5.74) is 4.54. The van der Waals surface area contributed by atoms with E-state index in [1.165, 1.54) is 11.3 Å². The van der Waals surface area contributed by atoms with E-state index in [-0.39, 0.29) is 12.2 Å². The molecule has 196 valence electrons. The van der Waals surface area contributed by atoms with Gasteiger partial charge in [0.15, 0.2) is 11.9 Å². The molecule has 9 nitrogen and oxygen atoms in total. The molecular formula is C27H31N3O6S. The number of benzene rings is 2. The second kappa shape index (κ2) is 11.2. The predicted molar refractivity (Wildman–Crippen MR) is 140 cm³/mol. The maximum atomic E-state index is 13.1. The highest BCUT2D eigenvalue weighted by molar-refractivity contribution is 7.21. The molecule has 0 saturated carbocycles. The fourth-order valence-corrected chi connectivity index (χ4v) is 5.00. The Balaban J connectivity index is 1.42. The van der Waals surface area contributed by atoms with Gasteiger partial charge < -0.3 is 19.5 Å². The highest BCUT2D eigenvalue weighted by Crippen LogP contribution is 2.39. The Morgan fingerprint density at radius 3 is 2.32 bits per heavy atom. The molecule has 10 heteroatoms. The third-order valence-electron chi connectivity index (χ3n) is 5.80. The molecule has 0 radical (unpaired) electrons. The zero-order valence-corrected chi connectivity index (χ0v) is 21.8. The summed E-state index contributed by atoms with van der Waals surface area (Å²) < 4.78 is 12.6. The molecule has 4 rings (SSSR count). The minimum Gasteiger partial charge on any atom is -0.488 e. The summed E-state index contributed by atoms with van der Waals surface area (Å²) in [6, 6.07) is 16.0. The largest absolute Gasteiger partial charge is 0.488 e. The fraction of sp³-hybridized carbons (Fsp3) is 0.370. The van der Waals surface area contributed by atoms with Crippen molar-refractivity contribution in [1.29, 1.82) is 0 Å². The summed E-state index contributed by atoms with van der Waals surface area (Å²) in [5.74, 6) is -0.861. The molecule has 3 amide bonds. The first-order valence-corrected chi connectivity index (χ1v) is 12.9. The third-order valence-corrected chi connectivity index (χ3v) is 6.95. The molecule has 0 spiro atoms. The number of likely N-dealkylation sites (tertiary alicyclic amines) is 1. The van der Waals surface area contributed by atoms with E-state index in [2.05, 4.69) is 10.9 Å². The Morgan fingerprint density at radius 1 is 1.00 bits per heavy atom. The summed E-state index contributed by atoms with van der Waals surface area (Å²) in [6.45, 7) is 6.46. The van der Waals surface area contributed by atoms with E-state index in [1.54, 1.807) is 35.2 Å². The number of rotatable bonds is 5.